The average Bonchev–Trinajstić information content (AvgIpc) is 2.55. The molecule has 0 aliphatic carbocycles. The van der Waals surface area contributed by atoms with E-state index >= 15 is 0 Å². The number of aromatic hydroxyl groups is 1. The summed E-state index contributed by atoms with van der Waals surface area (Å²) in [5, 5.41) is 10.6. The van der Waals surface area contributed by atoms with E-state index in [4.69, 9.17) is 0 Å². The van der Waals surface area contributed by atoms with Gasteiger partial charge in [0.1, 0.15) is 5.75 Å². The number of rotatable bonds is 7. The highest BCUT2D eigenvalue weighted by molar-refractivity contribution is 5.52. The summed E-state index contributed by atoms with van der Waals surface area (Å²) in [6.07, 6.45) is 6.04. The Balaban J connectivity index is 2.42. The van der Waals surface area contributed by atoms with Gasteiger partial charge in [-0.05, 0) is 42.5 Å². The van der Waals surface area contributed by atoms with Crippen LogP contribution in [0.4, 0.5) is 0 Å². The number of unbranched alkanes of at least 4 members (excludes halogenated alkanes) is 3. The van der Waals surface area contributed by atoms with Crippen LogP contribution in [0.3, 0.4) is 0 Å². The van der Waals surface area contributed by atoms with E-state index in [2.05, 4.69) is 58.0 Å². The predicted octanol–water partition coefficient (Wildman–Crippen LogP) is 6.15. The normalized spacial score (nSPS) is 11.7. The van der Waals surface area contributed by atoms with Crippen molar-refractivity contribution in [3.8, 4) is 5.75 Å². The Kier molecular flexibility index (Phi) is 5.87. The van der Waals surface area contributed by atoms with Crippen molar-refractivity contribution < 1.29 is 5.11 Å². The van der Waals surface area contributed by atoms with E-state index in [-0.39, 0.29) is 5.41 Å². The third kappa shape index (κ3) is 3.96. The van der Waals surface area contributed by atoms with E-state index in [1.54, 1.807) is 0 Å². The fourth-order valence-electron chi connectivity index (χ4n) is 3.49. The molecule has 0 saturated carbocycles. The Labute approximate surface area is 141 Å². The van der Waals surface area contributed by atoms with Gasteiger partial charge in [0.25, 0.3) is 0 Å². The molecule has 0 spiro atoms. The molecule has 0 amide bonds. The molecule has 2 aromatic carbocycles. The van der Waals surface area contributed by atoms with Crippen molar-refractivity contribution in [1.29, 1.82) is 0 Å². The molecule has 124 valence electrons. The molecule has 0 unspecified atom stereocenters. The molecule has 0 aromatic heterocycles. The van der Waals surface area contributed by atoms with Gasteiger partial charge in [0.05, 0.1) is 0 Å². The summed E-state index contributed by atoms with van der Waals surface area (Å²) < 4.78 is 0. The lowest BCUT2D eigenvalue weighted by Crippen LogP contribution is -2.22. The second kappa shape index (κ2) is 7.68. The summed E-state index contributed by atoms with van der Waals surface area (Å²) in [5.74, 6) is 0.426. The molecule has 0 radical (unpaired) electrons. The van der Waals surface area contributed by atoms with Crippen molar-refractivity contribution in [1.82, 2.24) is 0 Å². The summed E-state index contributed by atoms with van der Waals surface area (Å²) in [6, 6.07) is 14.4. The van der Waals surface area contributed by atoms with Crippen molar-refractivity contribution in [2.24, 2.45) is 0 Å². The van der Waals surface area contributed by atoms with Gasteiger partial charge in [0, 0.05) is 11.0 Å². The van der Waals surface area contributed by atoms with Crippen LogP contribution in [0.25, 0.3) is 0 Å². The van der Waals surface area contributed by atoms with E-state index in [1.807, 2.05) is 12.1 Å². The first-order valence-electron chi connectivity index (χ1n) is 8.86. The number of hydrogen-bond acceptors (Lipinski definition) is 1. The maximum absolute atomic E-state index is 10.6. The Bertz CT molecular complexity index is 626. The lowest BCUT2D eigenvalue weighted by Gasteiger charge is -2.30. The summed E-state index contributed by atoms with van der Waals surface area (Å²) in [5.41, 5.74) is 4.77. The lowest BCUT2D eigenvalue weighted by atomic mass is 9.74. The quantitative estimate of drug-likeness (QED) is 0.608. The smallest absolute Gasteiger partial charge is 0.119 e. The Hall–Kier alpha value is -1.76. The minimum absolute atomic E-state index is 0.197. The van der Waals surface area contributed by atoms with Gasteiger partial charge in [-0.25, -0.2) is 0 Å². The molecule has 0 fully saturated rings. The molecule has 2 rings (SSSR count). The molecule has 0 saturated heterocycles. The van der Waals surface area contributed by atoms with Crippen LogP contribution in [-0.2, 0) is 11.8 Å². The fourth-order valence-corrected chi connectivity index (χ4v) is 3.49. The molecule has 23 heavy (non-hydrogen) atoms. The van der Waals surface area contributed by atoms with Crippen LogP contribution in [0, 0.1) is 6.92 Å². The van der Waals surface area contributed by atoms with Gasteiger partial charge in [0.2, 0.25) is 0 Å². The molecule has 0 heterocycles. The highest BCUT2D eigenvalue weighted by Crippen LogP contribution is 2.40. The van der Waals surface area contributed by atoms with E-state index < -0.39 is 0 Å². The molecule has 0 atom stereocenters. The number of phenolic OH excluding ortho intramolecular Hbond substituents is 1. The van der Waals surface area contributed by atoms with Crippen LogP contribution in [0.2, 0.25) is 0 Å². The zero-order valence-corrected chi connectivity index (χ0v) is 15.0. The van der Waals surface area contributed by atoms with Crippen LogP contribution in [0.15, 0.2) is 42.5 Å². The maximum atomic E-state index is 10.6. The highest BCUT2D eigenvalue weighted by Gasteiger charge is 2.29. The first-order valence-corrected chi connectivity index (χ1v) is 8.86. The summed E-state index contributed by atoms with van der Waals surface area (Å²) in [4.78, 5) is 0. The van der Waals surface area contributed by atoms with Crippen molar-refractivity contribution in [2.75, 3.05) is 0 Å². The van der Waals surface area contributed by atoms with Crippen LogP contribution in [-0.4, -0.2) is 5.11 Å². The second-order valence-corrected chi connectivity index (χ2v) is 7.06. The predicted molar refractivity (Wildman–Crippen MR) is 99.3 cm³/mol. The standard InChI is InChI=1S/C22H30O/c1-5-6-7-11-14-19-17(2)15-16-20(23)21(19)22(3,4)18-12-9-8-10-13-18/h8-10,12-13,15-16,23H,5-7,11,14H2,1-4H3. The third-order valence-corrected chi connectivity index (χ3v) is 4.93. The Morgan fingerprint density at radius 3 is 2.26 bits per heavy atom. The zero-order chi connectivity index (χ0) is 16.9. The summed E-state index contributed by atoms with van der Waals surface area (Å²) >= 11 is 0. The summed E-state index contributed by atoms with van der Waals surface area (Å²) in [6.45, 7) is 8.83. The molecule has 0 aliphatic heterocycles. The fraction of sp³-hybridized carbons (Fsp3) is 0.455. The van der Waals surface area contributed by atoms with Crippen LogP contribution in [0.1, 0.15) is 68.7 Å². The van der Waals surface area contributed by atoms with Gasteiger partial charge >= 0.3 is 0 Å². The van der Waals surface area contributed by atoms with Crippen molar-refractivity contribution >= 4 is 0 Å². The molecule has 0 bridgehead atoms. The lowest BCUT2D eigenvalue weighted by molar-refractivity contribution is 0.450. The van der Waals surface area contributed by atoms with Gasteiger partial charge in [0.15, 0.2) is 0 Å². The van der Waals surface area contributed by atoms with E-state index in [0.717, 1.165) is 12.0 Å². The zero-order valence-electron chi connectivity index (χ0n) is 15.0. The molecular weight excluding hydrogens is 280 g/mol. The monoisotopic (exact) mass is 310 g/mol. The van der Waals surface area contributed by atoms with Crippen molar-refractivity contribution in [2.45, 2.75) is 65.2 Å². The first kappa shape index (κ1) is 17.6. The Morgan fingerprint density at radius 2 is 1.61 bits per heavy atom. The number of hydrogen-bond donors (Lipinski definition) is 1. The van der Waals surface area contributed by atoms with Crippen LogP contribution < -0.4 is 0 Å². The topological polar surface area (TPSA) is 20.2 Å². The molecule has 0 aliphatic rings. The second-order valence-electron chi connectivity index (χ2n) is 7.06. The van der Waals surface area contributed by atoms with Gasteiger partial charge in [-0.1, -0.05) is 76.4 Å². The Morgan fingerprint density at radius 1 is 0.913 bits per heavy atom. The van der Waals surface area contributed by atoms with Crippen molar-refractivity contribution in [3.63, 3.8) is 0 Å². The SMILES string of the molecule is CCCCCCc1c(C)ccc(O)c1C(C)(C)c1ccccc1. The van der Waals surface area contributed by atoms with Gasteiger partial charge in [-0.3, -0.25) is 0 Å². The molecular formula is C22H30O. The minimum atomic E-state index is -0.197. The van der Waals surface area contributed by atoms with Gasteiger partial charge in [-0.2, -0.15) is 0 Å². The maximum Gasteiger partial charge on any atom is 0.119 e. The van der Waals surface area contributed by atoms with Crippen LogP contribution >= 0.6 is 0 Å². The van der Waals surface area contributed by atoms with Gasteiger partial charge < -0.3 is 5.11 Å². The van der Waals surface area contributed by atoms with E-state index in [9.17, 15) is 5.11 Å². The molecule has 1 heteroatoms. The average molecular weight is 310 g/mol. The first-order chi connectivity index (χ1) is 11.0. The van der Waals surface area contributed by atoms with Crippen molar-refractivity contribution in [3.05, 3.63) is 64.7 Å². The molecule has 1 nitrogen and oxygen atoms in total. The van der Waals surface area contributed by atoms with Gasteiger partial charge in [-0.15, -0.1) is 0 Å². The number of phenols is 1. The molecule has 1 N–H and O–H groups in total. The highest BCUT2D eigenvalue weighted by atomic mass is 16.3. The number of aryl methyl sites for hydroxylation is 1. The third-order valence-electron chi connectivity index (χ3n) is 4.93. The van der Waals surface area contributed by atoms with E-state index in [0.29, 0.717) is 5.75 Å². The summed E-state index contributed by atoms with van der Waals surface area (Å²) in [7, 11) is 0. The largest absolute Gasteiger partial charge is 0.508 e. The van der Waals surface area contributed by atoms with E-state index in [1.165, 1.54) is 42.4 Å². The molecule has 2 aromatic rings. The number of benzene rings is 2. The minimum Gasteiger partial charge on any atom is -0.508 e. The van der Waals surface area contributed by atoms with Crippen LogP contribution in [0.5, 0.6) is 5.75 Å².